The predicted molar refractivity (Wildman–Crippen MR) is 208 cm³/mol. The van der Waals surface area contributed by atoms with E-state index in [0.29, 0.717) is 24.0 Å². The Morgan fingerprint density at radius 2 is 1.67 bits per heavy atom. The third-order valence-electron chi connectivity index (χ3n) is 9.36. The molecular weight excluding hydrogens is 649 g/mol. The summed E-state index contributed by atoms with van der Waals surface area (Å²) in [5, 5.41) is 13.8. The van der Waals surface area contributed by atoms with Crippen LogP contribution in [0.2, 0.25) is 5.04 Å². The lowest BCUT2D eigenvalue weighted by molar-refractivity contribution is 0.0307. The molecule has 3 aromatic carbocycles. The van der Waals surface area contributed by atoms with Gasteiger partial charge in [-0.05, 0) is 83.5 Å². The van der Waals surface area contributed by atoms with Crippen LogP contribution in [0.4, 0.5) is 0 Å². The molecule has 3 atom stereocenters. The maximum absolute atomic E-state index is 14.0. The van der Waals surface area contributed by atoms with Gasteiger partial charge in [-0.25, -0.2) is 4.79 Å². The number of allylic oxidation sites excluding steroid dienone is 4. The zero-order valence-corrected chi connectivity index (χ0v) is 31.6. The summed E-state index contributed by atoms with van der Waals surface area (Å²) < 4.78 is 13.1. The van der Waals surface area contributed by atoms with Crippen molar-refractivity contribution in [3.8, 4) is 11.5 Å². The van der Waals surface area contributed by atoms with Crippen molar-refractivity contribution in [2.24, 2.45) is 11.8 Å². The second-order valence-corrected chi connectivity index (χ2v) is 21.3. The van der Waals surface area contributed by atoms with Crippen LogP contribution in [0, 0.1) is 11.8 Å². The van der Waals surface area contributed by atoms with E-state index in [9.17, 15) is 9.90 Å². The van der Waals surface area contributed by atoms with E-state index in [1.165, 1.54) is 0 Å². The molecule has 4 nitrogen and oxygen atoms in total. The number of ether oxygens (including phenoxy) is 1. The van der Waals surface area contributed by atoms with Crippen LogP contribution in [0.1, 0.15) is 69.8 Å². The Kier molecular flexibility index (Phi) is 11.8. The first-order valence-corrected chi connectivity index (χ1v) is 21.0. The first-order chi connectivity index (χ1) is 23.0. The summed E-state index contributed by atoms with van der Waals surface area (Å²) in [7, 11) is -2.99. The molecule has 1 heterocycles. The molecule has 254 valence electrons. The number of hydrogen-bond donors (Lipinski definition) is 1. The van der Waals surface area contributed by atoms with E-state index < -0.39 is 14.3 Å². The average molecular weight is 699 g/mol. The fourth-order valence-corrected chi connectivity index (χ4v) is 14.4. The summed E-state index contributed by atoms with van der Waals surface area (Å²) in [4.78, 5) is 14.0. The van der Waals surface area contributed by atoms with Crippen molar-refractivity contribution in [2.75, 3.05) is 11.5 Å². The number of phenolic OH excluding ortho intramolecular Hbond substituents is 1. The molecule has 0 radical (unpaired) electrons. The number of thioether (sulfide) groups is 2. The van der Waals surface area contributed by atoms with Gasteiger partial charge in [0.15, 0.2) is 0 Å². The van der Waals surface area contributed by atoms with Gasteiger partial charge >= 0.3 is 14.3 Å². The highest BCUT2D eigenvalue weighted by Gasteiger charge is 2.52. The number of hydrogen-bond acceptors (Lipinski definition) is 6. The van der Waals surface area contributed by atoms with Crippen LogP contribution in [0.5, 0.6) is 11.5 Å². The van der Waals surface area contributed by atoms with Gasteiger partial charge in [0.2, 0.25) is 0 Å². The predicted octanol–water partition coefficient (Wildman–Crippen LogP) is 9.33. The lowest BCUT2D eigenvalue weighted by Gasteiger charge is -2.43. The van der Waals surface area contributed by atoms with E-state index in [1.807, 2.05) is 73.8 Å². The van der Waals surface area contributed by atoms with E-state index in [4.69, 9.17) is 9.16 Å². The summed E-state index contributed by atoms with van der Waals surface area (Å²) >= 11 is 3.80. The zero-order valence-electron chi connectivity index (χ0n) is 29.0. The molecule has 1 saturated heterocycles. The Labute approximate surface area is 297 Å². The molecule has 1 aliphatic carbocycles. The third kappa shape index (κ3) is 8.18. The molecular formula is C41H50O4S2Si. The van der Waals surface area contributed by atoms with E-state index >= 15 is 0 Å². The van der Waals surface area contributed by atoms with Gasteiger partial charge in [0.1, 0.15) is 17.1 Å². The minimum atomic E-state index is -2.99. The fourth-order valence-electron chi connectivity index (χ4n) is 6.89. The Hall–Kier alpha value is -3.13. The standard InChI is InChI=1S/C41H50O4S2Si/c1-7-9-16-22-41(46-23-17-24-47-41)29-33-27-34(28-37(42)38(33)39(43)44-30(3)25-32-26-31(32)8-2)45-48(40(4,5)6,35-18-12-10-13-19-35)36-20-14-11-15-21-36/h7-16,18-22,27-28,30-32,42H,2,17,23-26,29H2,1,3-6H3/b9-7+,22-16+/t30-,31+,32+/m1/s1. The Morgan fingerprint density at radius 3 is 2.21 bits per heavy atom. The molecule has 0 amide bonds. The number of esters is 1. The second kappa shape index (κ2) is 15.6. The van der Waals surface area contributed by atoms with Crippen molar-refractivity contribution in [2.45, 2.75) is 75.5 Å². The molecule has 1 N–H and O–H groups in total. The molecule has 0 unspecified atom stereocenters. The molecule has 3 aromatic rings. The number of carbonyl (C=O) groups excluding carboxylic acids is 1. The van der Waals surface area contributed by atoms with Gasteiger partial charge < -0.3 is 14.3 Å². The van der Waals surface area contributed by atoms with Crippen LogP contribution in [-0.2, 0) is 11.2 Å². The van der Waals surface area contributed by atoms with Crippen molar-refractivity contribution in [1.29, 1.82) is 0 Å². The molecule has 2 aliphatic rings. The largest absolute Gasteiger partial charge is 0.534 e. The highest BCUT2D eigenvalue weighted by atomic mass is 32.2. The van der Waals surface area contributed by atoms with E-state index in [0.717, 1.165) is 46.7 Å². The molecule has 2 fully saturated rings. The van der Waals surface area contributed by atoms with Crippen LogP contribution in [0.15, 0.2) is 110 Å². The van der Waals surface area contributed by atoms with Crippen molar-refractivity contribution >= 4 is 48.2 Å². The summed E-state index contributed by atoms with van der Waals surface area (Å²) in [6.45, 7) is 14.6. The highest BCUT2D eigenvalue weighted by Crippen LogP contribution is 2.48. The monoisotopic (exact) mass is 698 g/mol. The van der Waals surface area contributed by atoms with Gasteiger partial charge in [0, 0.05) is 12.5 Å². The van der Waals surface area contributed by atoms with Gasteiger partial charge in [0.05, 0.1) is 10.2 Å². The van der Waals surface area contributed by atoms with Gasteiger partial charge in [-0.1, -0.05) is 112 Å². The quantitative estimate of drug-likeness (QED) is 0.0831. The second-order valence-electron chi connectivity index (χ2n) is 14.0. The van der Waals surface area contributed by atoms with Gasteiger partial charge in [-0.15, -0.1) is 30.1 Å². The van der Waals surface area contributed by atoms with Gasteiger partial charge in [0.25, 0.3) is 0 Å². The van der Waals surface area contributed by atoms with Crippen molar-refractivity contribution < 1.29 is 19.1 Å². The number of carbonyl (C=O) groups is 1. The highest BCUT2D eigenvalue weighted by molar-refractivity contribution is 8.19. The number of aromatic hydroxyl groups is 1. The molecule has 1 aliphatic heterocycles. The number of benzene rings is 3. The van der Waals surface area contributed by atoms with Gasteiger partial charge in [-0.2, -0.15) is 0 Å². The summed E-state index contributed by atoms with van der Waals surface area (Å²) in [6, 6.07) is 24.6. The SMILES string of the molecule is C=C[C@H]1C[C@@H]1C[C@@H](C)OC(=O)c1c(O)cc(O[Si](c2ccccc2)(c2ccccc2)C(C)(C)C)cc1CC1(/C=C/C=C/C)SCCCS1. The maximum Gasteiger partial charge on any atom is 0.342 e. The Morgan fingerprint density at radius 1 is 1.04 bits per heavy atom. The molecule has 48 heavy (non-hydrogen) atoms. The first kappa shape index (κ1) is 36.2. The number of phenols is 1. The Balaban J connectivity index is 1.61. The Bertz CT molecular complexity index is 1570. The molecule has 1 saturated carbocycles. The lowest BCUT2D eigenvalue weighted by atomic mass is 10.00. The topological polar surface area (TPSA) is 55.8 Å². The van der Waals surface area contributed by atoms with E-state index in [1.54, 1.807) is 6.07 Å². The van der Waals surface area contributed by atoms with Crippen LogP contribution in [-0.4, -0.2) is 41.1 Å². The van der Waals surface area contributed by atoms with Crippen LogP contribution >= 0.6 is 23.5 Å². The summed E-state index contributed by atoms with van der Waals surface area (Å²) in [6.07, 6.45) is 13.7. The summed E-state index contributed by atoms with van der Waals surface area (Å²) in [5.41, 5.74) is 0.973. The molecule has 0 spiro atoms. The number of rotatable bonds is 13. The van der Waals surface area contributed by atoms with Crippen molar-refractivity contribution in [1.82, 2.24) is 0 Å². The third-order valence-corrected chi connectivity index (χ3v) is 17.5. The first-order valence-electron chi connectivity index (χ1n) is 17.1. The van der Waals surface area contributed by atoms with E-state index in [2.05, 4.69) is 88.0 Å². The minimum Gasteiger partial charge on any atom is -0.534 e. The molecule has 0 bridgehead atoms. The van der Waals surface area contributed by atoms with Crippen LogP contribution < -0.4 is 14.8 Å². The summed E-state index contributed by atoms with van der Waals surface area (Å²) in [5.74, 6) is 3.02. The van der Waals surface area contributed by atoms with E-state index in [-0.39, 0.29) is 26.5 Å². The molecule has 5 rings (SSSR count). The van der Waals surface area contributed by atoms with Crippen LogP contribution in [0.3, 0.4) is 0 Å². The maximum atomic E-state index is 14.0. The minimum absolute atomic E-state index is 0.105. The fraction of sp³-hybridized carbons (Fsp3) is 0.390. The normalized spacial score (nSPS) is 20.0. The van der Waals surface area contributed by atoms with Crippen molar-refractivity contribution in [3.63, 3.8) is 0 Å². The lowest BCUT2D eigenvalue weighted by Crippen LogP contribution is -2.68. The molecule has 0 aromatic heterocycles. The van der Waals surface area contributed by atoms with Crippen molar-refractivity contribution in [3.05, 3.63) is 121 Å². The molecule has 7 heteroatoms. The smallest absolute Gasteiger partial charge is 0.342 e. The van der Waals surface area contributed by atoms with Crippen LogP contribution in [0.25, 0.3) is 0 Å². The van der Waals surface area contributed by atoms with Gasteiger partial charge in [-0.3, -0.25) is 0 Å². The zero-order chi connectivity index (χ0) is 34.4. The average Bonchev–Trinajstić information content (AvgIpc) is 3.81.